The van der Waals surface area contributed by atoms with Gasteiger partial charge in [0.1, 0.15) is 17.2 Å². The number of anilines is 1. The normalized spacial score (nSPS) is 9.64. The van der Waals surface area contributed by atoms with Gasteiger partial charge in [0.15, 0.2) is 0 Å². The Bertz CT molecular complexity index is 229. The van der Waals surface area contributed by atoms with Gasteiger partial charge in [-0.25, -0.2) is 9.97 Å². The molecule has 5 heteroatoms. The van der Waals surface area contributed by atoms with Crippen molar-refractivity contribution < 1.29 is 0 Å². The molecule has 1 N–H and O–H groups in total. The highest BCUT2D eigenvalue weighted by Crippen LogP contribution is 2.15. The standard InChI is InChI=1S/C6H7Cl2N3/c7-1-2-10-6-5(8)3-9-4-11-6/h3-4H,1-2H2,(H,9,10,11). The molecule has 0 aliphatic heterocycles. The second kappa shape index (κ2) is 4.36. The number of halogens is 2. The molecule has 0 aliphatic rings. The molecule has 1 aromatic rings. The van der Waals surface area contributed by atoms with Crippen LogP contribution in [0.15, 0.2) is 12.5 Å². The van der Waals surface area contributed by atoms with Crippen LogP contribution in [0.2, 0.25) is 5.02 Å². The lowest BCUT2D eigenvalue weighted by Gasteiger charge is -2.02. The summed E-state index contributed by atoms with van der Waals surface area (Å²) >= 11 is 11.2. The molecule has 0 saturated heterocycles. The second-order valence-corrected chi connectivity index (χ2v) is 2.62. The topological polar surface area (TPSA) is 37.8 Å². The van der Waals surface area contributed by atoms with Gasteiger partial charge in [0.2, 0.25) is 0 Å². The molecule has 0 bridgehead atoms. The molecule has 0 atom stereocenters. The third kappa shape index (κ3) is 2.52. The first kappa shape index (κ1) is 8.56. The van der Waals surface area contributed by atoms with Gasteiger partial charge in [-0.3, -0.25) is 0 Å². The number of aromatic nitrogens is 2. The van der Waals surface area contributed by atoms with E-state index in [1.807, 2.05) is 0 Å². The fourth-order valence-electron chi connectivity index (χ4n) is 0.608. The summed E-state index contributed by atoms with van der Waals surface area (Å²) in [4.78, 5) is 7.64. The first-order chi connectivity index (χ1) is 5.34. The van der Waals surface area contributed by atoms with Crippen LogP contribution < -0.4 is 5.32 Å². The maximum absolute atomic E-state index is 5.73. The molecule has 0 radical (unpaired) electrons. The summed E-state index contributed by atoms with van der Waals surface area (Å²) in [5.41, 5.74) is 0. The monoisotopic (exact) mass is 191 g/mol. The quantitative estimate of drug-likeness (QED) is 0.741. The van der Waals surface area contributed by atoms with Crippen LogP contribution in [-0.4, -0.2) is 22.4 Å². The van der Waals surface area contributed by atoms with E-state index in [-0.39, 0.29) is 0 Å². The Hall–Kier alpha value is -0.540. The van der Waals surface area contributed by atoms with Crippen LogP contribution in [-0.2, 0) is 0 Å². The van der Waals surface area contributed by atoms with E-state index in [9.17, 15) is 0 Å². The molecule has 0 fully saturated rings. The van der Waals surface area contributed by atoms with E-state index < -0.39 is 0 Å². The average molecular weight is 192 g/mol. The van der Waals surface area contributed by atoms with Gasteiger partial charge < -0.3 is 5.32 Å². The molecule has 0 aromatic carbocycles. The van der Waals surface area contributed by atoms with Crippen LogP contribution in [0.25, 0.3) is 0 Å². The fraction of sp³-hybridized carbons (Fsp3) is 0.333. The summed E-state index contributed by atoms with van der Waals surface area (Å²) in [5, 5.41) is 3.46. The smallest absolute Gasteiger partial charge is 0.148 e. The molecule has 60 valence electrons. The van der Waals surface area contributed by atoms with E-state index in [0.717, 1.165) is 0 Å². The molecule has 0 aliphatic carbocycles. The predicted octanol–water partition coefficient (Wildman–Crippen LogP) is 1.78. The number of nitrogens with zero attached hydrogens (tertiary/aromatic N) is 2. The van der Waals surface area contributed by atoms with Crippen molar-refractivity contribution in [3.63, 3.8) is 0 Å². The first-order valence-electron chi connectivity index (χ1n) is 3.10. The van der Waals surface area contributed by atoms with Crippen LogP contribution in [0.4, 0.5) is 5.82 Å². The van der Waals surface area contributed by atoms with Crippen molar-refractivity contribution in [2.24, 2.45) is 0 Å². The van der Waals surface area contributed by atoms with E-state index >= 15 is 0 Å². The molecular formula is C6H7Cl2N3. The van der Waals surface area contributed by atoms with E-state index in [4.69, 9.17) is 23.2 Å². The number of alkyl halides is 1. The average Bonchev–Trinajstić information content (AvgIpc) is 2.03. The van der Waals surface area contributed by atoms with Gasteiger partial charge in [-0.2, -0.15) is 0 Å². The maximum atomic E-state index is 5.73. The fourth-order valence-corrected chi connectivity index (χ4v) is 0.875. The lowest BCUT2D eigenvalue weighted by Crippen LogP contribution is -2.04. The molecular weight excluding hydrogens is 185 g/mol. The van der Waals surface area contributed by atoms with Crippen molar-refractivity contribution in [3.05, 3.63) is 17.5 Å². The number of hydrogen-bond donors (Lipinski definition) is 1. The second-order valence-electron chi connectivity index (χ2n) is 1.84. The summed E-state index contributed by atoms with van der Waals surface area (Å²) in [5.74, 6) is 1.16. The maximum Gasteiger partial charge on any atom is 0.148 e. The Morgan fingerprint density at radius 1 is 1.55 bits per heavy atom. The van der Waals surface area contributed by atoms with E-state index in [2.05, 4.69) is 15.3 Å². The Kier molecular flexibility index (Phi) is 3.39. The zero-order valence-corrected chi connectivity index (χ0v) is 7.23. The summed E-state index contributed by atoms with van der Waals surface area (Å²) in [7, 11) is 0. The van der Waals surface area contributed by atoms with Gasteiger partial charge in [-0.15, -0.1) is 11.6 Å². The van der Waals surface area contributed by atoms with Crippen LogP contribution in [0.5, 0.6) is 0 Å². The highest BCUT2D eigenvalue weighted by Gasteiger charge is 1.97. The summed E-state index contributed by atoms with van der Waals surface area (Å²) in [6.07, 6.45) is 2.97. The van der Waals surface area contributed by atoms with Crippen LogP contribution in [0, 0.1) is 0 Å². The molecule has 3 nitrogen and oxygen atoms in total. The molecule has 0 amide bonds. The molecule has 1 aromatic heterocycles. The zero-order valence-electron chi connectivity index (χ0n) is 5.72. The van der Waals surface area contributed by atoms with Gasteiger partial charge in [-0.05, 0) is 0 Å². The molecule has 1 rings (SSSR count). The highest BCUT2D eigenvalue weighted by molar-refractivity contribution is 6.32. The minimum absolute atomic E-state index is 0.512. The van der Waals surface area contributed by atoms with Crippen molar-refractivity contribution in [1.29, 1.82) is 0 Å². The molecule has 0 saturated carbocycles. The third-order valence-electron chi connectivity index (χ3n) is 1.05. The number of rotatable bonds is 3. The lowest BCUT2D eigenvalue weighted by molar-refractivity contribution is 1.11. The SMILES string of the molecule is ClCCNc1ncncc1Cl. The molecule has 1 heterocycles. The van der Waals surface area contributed by atoms with Crippen LogP contribution >= 0.6 is 23.2 Å². The zero-order chi connectivity index (χ0) is 8.10. The van der Waals surface area contributed by atoms with Crippen LogP contribution in [0.3, 0.4) is 0 Å². The minimum Gasteiger partial charge on any atom is -0.368 e. The van der Waals surface area contributed by atoms with Gasteiger partial charge >= 0.3 is 0 Å². The van der Waals surface area contributed by atoms with E-state index in [1.54, 1.807) is 0 Å². The largest absolute Gasteiger partial charge is 0.368 e. The summed E-state index contributed by atoms with van der Waals surface area (Å²) < 4.78 is 0. The van der Waals surface area contributed by atoms with Gasteiger partial charge in [0, 0.05) is 12.4 Å². The van der Waals surface area contributed by atoms with Crippen molar-refractivity contribution >= 4 is 29.0 Å². The van der Waals surface area contributed by atoms with Gasteiger partial charge in [0.05, 0.1) is 6.20 Å². The molecule has 0 spiro atoms. The lowest BCUT2D eigenvalue weighted by atomic mass is 10.5. The van der Waals surface area contributed by atoms with Gasteiger partial charge in [-0.1, -0.05) is 11.6 Å². The number of nitrogens with one attached hydrogen (secondary N) is 1. The first-order valence-corrected chi connectivity index (χ1v) is 4.01. The minimum atomic E-state index is 0.512. The van der Waals surface area contributed by atoms with E-state index in [0.29, 0.717) is 23.3 Å². The summed E-state index contributed by atoms with van der Waals surface area (Å²) in [6, 6.07) is 0. The molecule has 11 heavy (non-hydrogen) atoms. The van der Waals surface area contributed by atoms with E-state index in [1.165, 1.54) is 12.5 Å². The molecule has 0 unspecified atom stereocenters. The Morgan fingerprint density at radius 3 is 3.00 bits per heavy atom. The third-order valence-corrected chi connectivity index (χ3v) is 1.52. The van der Waals surface area contributed by atoms with Crippen molar-refractivity contribution in [1.82, 2.24) is 9.97 Å². The van der Waals surface area contributed by atoms with Crippen molar-refractivity contribution in [3.8, 4) is 0 Å². The predicted molar refractivity (Wildman–Crippen MR) is 46.3 cm³/mol. The summed E-state index contributed by atoms with van der Waals surface area (Å²) in [6.45, 7) is 0.651. The Morgan fingerprint density at radius 2 is 2.36 bits per heavy atom. The Balaban J connectivity index is 2.62. The highest BCUT2D eigenvalue weighted by atomic mass is 35.5. The van der Waals surface area contributed by atoms with Gasteiger partial charge in [0.25, 0.3) is 0 Å². The number of hydrogen-bond acceptors (Lipinski definition) is 3. The van der Waals surface area contributed by atoms with Crippen LogP contribution in [0.1, 0.15) is 0 Å². The Labute approximate surface area is 74.8 Å². The van der Waals surface area contributed by atoms with Crippen molar-refractivity contribution in [2.75, 3.05) is 17.7 Å². The van der Waals surface area contributed by atoms with Crippen molar-refractivity contribution in [2.45, 2.75) is 0 Å².